The molecule has 3 nitrogen and oxygen atoms in total. The second-order valence-corrected chi connectivity index (χ2v) is 5.85. The molecule has 0 amide bonds. The summed E-state index contributed by atoms with van der Waals surface area (Å²) in [5.41, 5.74) is 0.958. The van der Waals surface area contributed by atoms with Gasteiger partial charge in [-0.15, -0.1) is 6.58 Å². The van der Waals surface area contributed by atoms with Gasteiger partial charge in [0.1, 0.15) is 5.83 Å². The number of sulfonamides is 1. The minimum atomic E-state index is -3.71. The van der Waals surface area contributed by atoms with Crippen molar-refractivity contribution in [1.29, 1.82) is 0 Å². The second-order valence-electron chi connectivity index (χ2n) is 3.92. The highest BCUT2D eigenvalue weighted by Crippen LogP contribution is 2.17. The van der Waals surface area contributed by atoms with Crippen LogP contribution in [0.5, 0.6) is 0 Å². The highest BCUT2D eigenvalue weighted by atomic mass is 32.2. The Hall–Kier alpha value is -1.46. The number of aryl methyl sites for hydroxylation is 1. The summed E-state index contributed by atoms with van der Waals surface area (Å²) in [6, 6.07) is 6.40. The maximum Gasteiger partial charge on any atom is 0.243 e. The minimum absolute atomic E-state index is 0.0408. The zero-order valence-corrected chi connectivity index (χ0v) is 11.1. The first-order valence-electron chi connectivity index (χ1n) is 5.39. The van der Waals surface area contributed by atoms with E-state index in [2.05, 4.69) is 13.2 Å². The Labute approximate surface area is 107 Å². The summed E-state index contributed by atoms with van der Waals surface area (Å²) in [5.74, 6) is -0.701. The molecule has 0 bridgehead atoms. The molecule has 0 aliphatic carbocycles. The van der Waals surface area contributed by atoms with E-state index in [0.29, 0.717) is 0 Å². The Balaban J connectivity index is 3.11. The minimum Gasteiger partial charge on any atom is -0.211 e. The molecule has 0 aromatic heterocycles. The van der Waals surface area contributed by atoms with Crippen LogP contribution in [0.4, 0.5) is 4.39 Å². The van der Waals surface area contributed by atoms with Gasteiger partial charge >= 0.3 is 0 Å². The fraction of sp³-hybridized carbons (Fsp3) is 0.231. The average Bonchev–Trinajstić information content (AvgIpc) is 2.28. The lowest BCUT2D eigenvalue weighted by Crippen LogP contribution is -2.32. The lowest BCUT2D eigenvalue weighted by Gasteiger charge is -2.19. The van der Waals surface area contributed by atoms with Gasteiger partial charge < -0.3 is 0 Å². The van der Waals surface area contributed by atoms with Crippen LogP contribution in [0.2, 0.25) is 0 Å². The number of rotatable bonds is 6. The Kier molecular flexibility index (Phi) is 4.81. The standard InChI is InChI=1S/C13H16FNO2S/c1-4-9-15(10-12(3)14)18(16,17)13-7-5-11(2)6-8-13/h4-8H,1,3,9-10H2,2H3. The third-order valence-corrected chi connectivity index (χ3v) is 4.17. The molecule has 0 unspecified atom stereocenters. The topological polar surface area (TPSA) is 37.4 Å². The molecule has 0 N–H and O–H groups in total. The van der Waals surface area contributed by atoms with Gasteiger partial charge in [0.05, 0.1) is 11.4 Å². The van der Waals surface area contributed by atoms with Crippen molar-refractivity contribution in [3.8, 4) is 0 Å². The van der Waals surface area contributed by atoms with Gasteiger partial charge in [0.15, 0.2) is 0 Å². The molecule has 98 valence electrons. The molecule has 0 saturated carbocycles. The Morgan fingerprint density at radius 1 is 1.39 bits per heavy atom. The van der Waals surface area contributed by atoms with E-state index in [1.54, 1.807) is 12.1 Å². The van der Waals surface area contributed by atoms with E-state index in [9.17, 15) is 12.8 Å². The van der Waals surface area contributed by atoms with Gasteiger partial charge in [-0.2, -0.15) is 4.31 Å². The van der Waals surface area contributed by atoms with E-state index in [1.807, 2.05) is 6.92 Å². The van der Waals surface area contributed by atoms with Crippen molar-refractivity contribution in [2.24, 2.45) is 0 Å². The fourth-order valence-electron chi connectivity index (χ4n) is 1.44. The van der Waals surface area contributed by atoms with Crippen molar-refractivity contribution < 1.29 is 12.8 Å². The third kappa shape index (κ3) is 3.51. The molecule has 1 aromatic rings. The van der Waals surface area contributed by atoms with E-state index in [1.165, 1.54) is 18.2 Å². The summed E-state index contributed by atoms with van der Waals surface area (Å²) in [4.78, 5) is 0.135. The van der Waals surface area contributed by atoms with Gasteiger partial charge in [-0.05, 0) is 19.1 Å². The monoisotopic (exact) mass is 269 g/mol. The maximum atomic E-state index is 12.9. The molecule has 0 spiro atoms. The van der Waals surface area contributed by atoms with Gasteiger partial charge in [-0.1, -0.05) is 30.4 Å². The number of hydrogen-bond acceptors (Lipinski definition) is 2. The molecule has 0 fully saturated rings. The van der Waals surface area contributed by atoms with Crippen LogP contribution in [0.25, 0.3) is 0 Å². The van der Waals surface area contributed by atoms with Gasteiger partial charge in [0.2, 0.25) is 10.0 Å². The van der Waals surface area contributed by atoms with Crippen LogP contribution in [0.3, 0.4) is 0 Å². The van der Waals surface area contributed by atoms with E-state index >= 15 is 0 Å². The van der Waals surface area contributed by atoms with Crippen LogP contribution in [0.1, 0.15) is 5.56 Å². The van der Waals surface area contributed by atoms with Crippen LogP contribution in [-0.2, 0) is 10.0 Å². The van der Waals surface area contributed by atoms with E-state index in [0.717, 1.165) is 9.87 Å². The van der Waals surface area contributed by atoms with Crippen LogP contribution in [0.15, 0.2) is 54.2 Å². The molecule has 1 aromatic carbocycles. The normalized spacial score (nSPS) is 11.5. The largest absolute Gasteiger partial charge is 0.243 e. The molecule has 0 atom stereocenters. The molecule has 18 heavy (non-hydrogen) atoms. The van der Waals surface area contributed by atoms with Crippen molar-refractivity contribution in [2.45, 2.75) is 11.8 Å². The SMILES string of the molecule is C=CCN(CC(=C)F)S(=O)(=O)c1ccc(C)cc1. The van der Waals surface area contributed by atoms with Gasteiger partial charge in [-0.3, -0.25) is 0 Å². The summed E-state index contributed by atoms with van der Waals surface area (Å²) in [6.45, 7) is 8.11. The summed E-state index contributed by atoms with van der Waals surface area (Å²) in [7, 11) is -3.71. The van der Waals surface area contributed by atoms with E-state index < -0.39 is 15.9 Å². The fourth-order valence-corrected chi connectivity index (χ4v) is 2.83. The third-order valence-electron chi connectivity index (χ3n) is 2.34. The summed E-state index contributed by atoms with van der Waals surface area (Å²) < 4.78 is 38.3. The Morgan fingerprint density at radius 3 is 2.39 bits per heavy atom. The number of nitrogens with zero attached hydrogens (tertiary/aromatic N) is 1. The lowest BCUT2D eigenvalue weighted by molar-refractivity contribution is 0.432. The Bertz CT molecular complexity index is 535. The van der Waals surface area contributed by atoms with Crippen molar-refractivity contribution >= 4 is 10.0 Å². The van der Waals surface area contributed by atoms with Crippen molar-refractivity contribution in [3.05, 3.63) is 54.9 Å². The molecule has 0 aliphatic heterocycles. The van der Waals surface area contributed by atoms with Crippen molar-refractivity contribution in [1.82, 2.24) is 4.31 Å². The first-order valence-corrected chi connectivity index (χ1v) is 6.83. The molecule has 0 aliphatic rings. The summed E-state index contributed by atoms with van der Waals surface area (Å²) in [6.07, 6.45) is 1.41. The van der Waals surface area contributed by atoms with Gasteiger partial charge in [0, 0.05) is 6.54 Å². The number of halogens is 1. The second kappa shape index (κ2) is 5.93. The zero-order valence-electron chi connectivity index (χ0n) is 10.3. The van der Waals surface area contributed by atoms with E-state index in [-0.39, 0.29) is 18.0 Å². The van der Waals surface area contributed by atoms with Crippen molar-refractivity contribution in [2.75, 3.05) is 13.1 Å². The predicted octanol–water partition coefficient (Wildman–Crippen LogP) is 2.65. The van der Waals surface area contributed by atoms with Crippen LogP contribution < -0.4 is 0 Å². The first kappa shape index (κ1) is 14.6. The molecule has 1 rings (SSSR count). The van der Waals surface area contributed by atoms with E-state index in [4.69, 9.17) is 0 Å². The van der Waals surface area contributed by atoms with Gasteiger partial charge in [-0.25, -0.2) is 12.8 Å². The van der Waals surface area contributed by atoms with Crippen LogP contribution in [0, 0.1) is 6.92 Å². The molecule has 0 heterocycles. The summed E-state index contributed by atoms with van der Waals surface area (Å²) >= 11 is 0. The molecule has 5 heteroatoms. The van der Waals surface area contributed by atoms with Crippen molar-refractivity contribution in [3.63, 3.8) is 0 Å². The zero-order chi connectivity index (χ0) is 13.8. The average molecular weight is 269 g/mol. The molecular formula is C13H16FNO2S. The smallest absolute Gasteiger partial charge is 0.211 e. The molecule has 0 radical (unpaired) electrons. The van der Waals surface area contributed by atoms with Gasteiger partial charge in [0.25, 0.3) is 0 Å². The Morgan fingerprint density at radius 2 is 1.94 bits per heavy atom. The van der Waals surface area contributed by atoms with Crippen LogP contribution in [-0.4, -0.2) is 25.8 Å². The quantitative estimate of drug-likeness (QED) is 0.745. The number of hydrogen-bond donors (Lipinski definition) is 0. The maximum absolute atomic E-state index is 12.9. The number of benzene rings is 1. The van der Waals surface area contributed by atoms with Crippen LogP contribution >= 0.6 is 0 Å². The highest BCUT2D eigenvalue weighted by Gasteiger charge is 2.23. The lowest BCUT2D eigenvalue weighted by atomic mass is 10.2. The predicted molar refractivity (Wildman–Crippen MR) is 70.4 cm³/mol. The highest BCUT2D eigenvalue weighted by molar-refractivity contribution is 7.89. The molecular weight excluding hydrogens is 253 g/mol. The molecule has 0 saturated heterocycles. The first-order chi connectivity index (χ1) is 8.37. The summed E-state index contributed by atoms with van der Waals surface area (Å²) in [5, 5.41) is 0.